The monoisotopic (exact) mass is 667 g/mol. The third kappa shape index (κ3) is 4.82. The first kappa shape index (κ1) is 31.0. The van der Waals surface area contributed by atoms with Gasteiger partial charge in [-0.1, -0.05) is 42.5 Å². The number of nitrogens with zero attached hydrogens (tertiary/aromatic N) is 4. The van der Waals surface area contributed by atoms with Crippen molar-refractivity contribution in [1.82, 2.24) is 14.5 Å². The van der Waals surface area contributed by atoms with E-state index >= 15 is 0 Å². The Hall–Kier alpha value is -4.63. The van der Waals surface area contributed by atoms with E-state index in [0.29, 0.717) is 36.2 Å². The Labute approximate surface area is 269 Å². The molecule has 15 heteroatoms. The molecule has 47 heavy (non-hydrogen) atoms. The third-order valence-electron chi connectivity index (χ3n) is 9.85. The number of hydrogen-bond donors (Lipinski definition) is 1. The van der Waals surface area contributed by atoms with Crippen LogP contribution in [0.5, 0.6) is 5.75 Å². The van der Waals surface area contributed by atoms with Crippen molar-refractivity contribution >= 4 is 28.2 Å². The lowest BCUT2D eigenvalue weighted by molar-refractivity contribution is 0.111. The number of carbonyl (C=O) groups excluding carboxylic acids is 2. The van der Waals surface area contributed by atoms with E-state index in [2.05, 4.69) is 4.72 Å². The number of likely N-dealkylation sites (tertiary alicyclic amines) is 2. The molecule has 0 spiro atoms. The van der Waals surface area contributed by atoms with Gasteiger partial charge in [-0.15, -0.1) is 0 Å². The smallest absolute Gasteiger partial charge is 0.409 e. The molecule has 0 radical (unpaired) electrons. The molecule has 0 saturated carbocycles. The summed E-state index contributed by atoms with van der Waals surface area (Å²) in [6.07, 6.45) is 0.303. The lowest BCUT2D eigenvalue weighted by Crippen LogP contribution is -2.53. The van der Waals surface area contributed by atoms with E-state index < -0.39 is 57.0 Å². The van der Waals surface area contributed by atoms with Gasteiger partial charge in [-0.05, 0) is 66.1 Å². The van der Waals surface area contributed by atoms with Crippen molar-refractivity contribution < 1.29 is 40.4 Å². The third-order valence-corrected chi connectivity index (χ3v) is 10.9. The minimum atomic E-state index is -4.84. The van der Waals surface area contributed by atoms with Gasteiger partial charge in [-0.25, -0.2) is 18.4 Å². The minimum Gasteiger partial charge on any atom is -0.453 e. The Morgan fingerprint density at radius 2 is 1.49 bits per heavy atom. The van der Waals surface area contributed by atoms with Crippen LogP contribution in [0.2, 0.25) is 0 Å². The second kappa shape index (κ2) is 11.3. The average molecular weight is 668 g/mol. The van der Waals surface area contributed by atoms with Gasteiger partial charge >= 0.3 is 22.5 Å². The zero-order chi connectivity index (χ0) is 33.1. The van der Waals surface area contributed by atoms with Gasteiger partial charge in [-0.3, -0.25) is 0 Å². The number of rotatable bonds is 6. The fourth-order valence-corrected chi connectivity index (χ4v) is 9.06. The summed E-state index contributed by atoms with van der Waals surface area (Å²) < 4.78 is 73.1. The molecule has 0 bridgehead atoms. The summed E-state index contributed by atoms with van der Waals surface area (Å²) in [6.45, 7) is 0.575. The molecule has 7 rings (SSSR count). The molecule has 4 aliphatic rings. The van der Waals surface area contributed by atoms with E-state index in [0.717, 1.165) is 29.3 Å². The van der Waals surface area contributed by atoms with Crippen LogP contribution >= 0.6 is 0 Å². The molecule has 2 unspecified atom stereocenters. The predicted molar refractivity (Wildman–Crippen MR) is 162 cm³/mol. The SMILES string of the molecule is COC(=O)N1CC[C@]2(N=Nc3cccc4c3CC3N(C(=O)OC)CC[C@@]43NS(=O)(=O)Oc3c(F)cccc3F)c3ccccc3CC12. The quantitative estimate of drug-likeness (QED) is 0.371. The normalized spacial score (nSPS) is 25.8. The topological polar surface area (TPSA) is 139 Å². The van der Waals surface area contributed by atoms with Crippen LogP contribution in [0, 0.1) is 11.6 Å². The first-order chi connectivity index (χ1) is 22.5. The molecule has 4 atom stereocenters. The summed E-state index contributed by atoms with van der Waals surface area (Å²) in [5, 5.41) is 9.68. The fourth-order valence-electron chi connectivity index (χ4n) is 7.85. The van der Waals surface area contributed by atoms with Crippen LogP contribution in [0.3, 0.4) is 0 Å². The number of azo groups is 1. The molecule has 2 amide bonds. The highest BCUT2D eigenvalue weighted by atomic mass is 32.2. The second-order valence-corrected chi connectivity index (χ2v) is 13.3. The molecule has 2 aliphatic carbocycles. The fraction of sp³-hybridized carbons (Fsp3) is 0.375. The van der Waals surface area contributed by atoms with Crippen molar-refractivity contribution in [3.8, 4) is 5.75 Å². The van der Waals surface area contributed by atoms with E-state index in [1.54, 1.807) is 23.1 Å². The molecule has 2 heterocycles. The number of hydrogen-bond acceptors (Lipinski definition) is 9. The van der Waals surface area contributed by atoms with Crippen LogP contribution in [0.15, 0.2) is 70.9 Å². The van der Waals surface area contributed by atoms with Crippen molar-refractivity contribution in [3.05, 3.63) is 94.6 Å². The molecular weight excluding hydrogens is 636 g/mol. The molecular formula is C32H31F2N5O7S. The number of halogens is 2. The molecule has 0 aromatic heterocycles. The number of carbonyl (C=O) groups is 2. The highest BCUT2D eigenvalue weighted by molar-refractivity contribution is 7.85. The number of ether oxygens (including phenoxy) is 2. The maximum absolute atomic E-state index is 14.4. The highest BCUT2D eigenvalue weighted by Crippen LogP contribution is 2.52. The predicted octanol–water partition coefficient (Wildman–Crippen LogP) is 4.85. The Morgan fingerprint density at radius 3 is 2.21 bits per heavy atom. The Balaban J connectivity index is 1.28. The molecule has 3 aromatic rings. The number of methoxy groups -OCH3 is 2. The van der Waals surface area contributed by atoms with Crippen LogP contribution in [0.25, 0.3) is 0 Å². The minimum absolute atomic E-state index is 0.121. The van der Waals surface area contributed by atoms with Crippen molar-refractivity contribution in [2.24, 2.45) is 10.2 Å². The van der Waals surface area contributed by atoms with Gasteiger partial charge in [0.25, 0.3) is 0 Å². The van der Waals surface area contributed by atoms with Gasteiger partial charge in [0, 0.05) is 13.1 Å². The number of amides is 2. The lowest BCUT2D eigenvalue weighted by Gasteiger charge is -2.32. The molecule has 2 saturated heterocycles. The van der Waals surface area contributed by atoms with Crippen molar-refractivity contribution in [2.45, 2.75) is 48.8 Å². The molecule has 12 nitrogen and oxygen atoms in total. The van der Waals surface area contributed by atoms with Gasteiger partial charge in [0.1, 0.15) is 5.54 Å². The molecule has 2 fully saturated rings. The van der Waals surface area contributed by atoms with Gasteiger partial charge in [0.05, 0.1) is 37.5 Å². The number of para-hydroxylation sites is 1. The van der Waals surface area contributed by atoms with Gasteiger partial charge in [0.15, 0.2) is 11.6 Å². The van der Waals surface area contributed by atoms with E-state index in [1.807, 2.05) is 24.3 Å². The summed E-state index contributed by atoms with van der Waals surface area (Å²) in [5.41, 5.74) is 1.40. The van der Waals surface area contributed by atoms with E-state index in [1.165, 1.54) is 19.1 Å². The van der Waals surface area contributed by atoms with Crippen molar-refractivity contribution in [1.29, 1.82) is 0 Å². The zero-order valence-corrected chi connectivity index (χ0v) is 26.3. The second-order valence-electron chi connectivity index (χ2n) is 12.0. The van der Waals surface area contributed by atoms with Gasteiger partial charge < -0.3 is 23.5 Å². The van der Waals surface area contributed by atoms with Crippen LogP contribution < -0.4 is 8.91 Å². The Kier molecular flexibility index (Phi) is 7.43. The van der Waals surface area contributed by atoms with Crippen LogP contribution in [0.4, 0.5) is 24.1 Å². The zero-order valence-electron chi connectivity index (χ0n) is 25.5. The van der Waals surface area contributed by atoms with Gasteiger partial charge in [0.2, 0.25) is 5.75 Å². The standard InChI is InChI=1S/C32H31F2N5O7S/c1-44-29(40)38-15-13-31(21-8-4-3-7-19(21)17-26(31)38)36-35-25-12-5-9-22-20(25)18-27-32(22,14-16-39(27)30(41)45-2)37-47(42,43)46-28-23(33)10-6-11-24(28)34/h3-12,26-27,37H,13-18H2,1-2H3/t26?,27?,31-,32+/m0/s1. The maximum Gasteiger partial charge on any atom is 0.409 e. The van der Waals surface area contributed by atoms with Crippen molar-refractivity contribution in [3.63, 3.8) is 0 Å². The number of benzene rings is 3. The van der Waals surface area contributed by atoms with Crippen LogP contribution in [-0.4, -0.2) is 69.8 Å². The van der Waals surface area contributed by atoms with Crippen LogP contribution in [-0.2, 0) is 43.7 Å². The maximum atomic E-state index is 14.4. The summed E-state index contributed by atoms with van der Waals surface area (Å²) in [7, 11) is -2.27. The largest absolute Gasteiger partial charge is 0.453 e. The highest BCUT2D eigenvalue weighted by Gasteiger charge is 2.59. The summed E-state index contributed by atoms with van der Waals surface area (Å²) in [4.78, 5) is 28.6. The molecule has 2 aliphatic heterocycles. The summed E-state index contributed by atoms with van der Waals surface area (Å²) in [5.74, 6) is -3.45. The summed E-state index contributed by atoms with van der Waals surface area (Å²) in [6, 6.07) is 14.8. The van der Waals surface area contributed by atoms with Crippen LogP contribution in [0.1, 0.15) is 35.1 Å². The van der Waals surface area contributed by atoms with Gasteiger partial charge in [-0.2, -0.15) is 23.4 Å². The van der Waals surface area contributed by atoms with Crippen molar-refractivity contribution in [2.75, 3.05) is 27.3 Å². The first-order valence-electron chi connectivity index (χ1n) is 15.0. The average Bonchev–Trinajstić information content (AvgIpc) is 3.77. The first-order valence-corrected chi connectivity index (χ1v) is 16.4. The molecule has 3 aromatic carbocycles. The lowest BCUT2D eigenvalue weighted by atomic mass is 9.89. The number of nitrogens with one attached hydrogen (secondary N) is 1. The molecule has 1 N–H and O–H groups in total. The van der Waals surface area contributed by atoms with E-state index in [9.17, 15) is 26.8 Å². The summed E-state index contributed by atoms with van der Waals surface area (Å²) >= 11 is 0. The van der Waals surface area contributed by atoms with E-state index in [-0.39, 0.29) is 25.4 Å². The number of fused-ring (bicyclic) bond motifs is 6. The Morgan fingerprint density at radius 1 is 0.851 bits per heavy atom. The Bertz CT molecular complexity index is 1910. The molecule has 246 valence electrons. The van der Waals surface area contributed by atoms with E-state index in [4.69, 9.17) is 23.9 Å².